The molecule has 0 aromatic heterocycles. The van der Waals surface area contributed by atoms with Gasteiger partial charge in [0.2, 0.25) is 0 Å². The van der Waals surface area contributed by atoms with Gasteiger partial charge in [0.15, 0.2) is 0 Å². The van der Waals surface area contributed by atoms with Gasteiger partial charge in [-0.3, -0.25) is 0 Å². The normalized spacial score (nSPS) is 20.9. The molecule has 0 saturated heterocycles. The fraction of sp³-hybridized carbons (Fsp3) is 0.333. The van der Waals surface area contributed by atoms with Crippen LogP contribution in [0.4, 0.5) is 4.39 Å². The molecule has 0 N–H and O–H groups in total. The summed E-state index contributed by atoms with van der Waals surface area (Å²) in [6.45, 7) is 1.99. The zero-order valence-electron chi connectivity index (χ0n) is 7.76. The van der Waals surface area contributed by atoms with E-state index in [-0.39, 0.29) is 0 Å². The third-order valence-electron chi connectivity index (χ3n) is 2.52. The number of halogens is 1. The van der Waals surface area contributed by atoms with Crippen molar-refractivity contribution < 1.29 is 4.39 Å². The minimum Gasteiger partial charge on any atom is -0.247 e. The van der Waals surface area contributed by atoms with Gasteiger partial charge in [-0.1, -0.05) is 30.4 Å². The predicted molar refractivity (Wildman–Crippen MR) is 53.5 cm³/mol. The quantitative estimate of drug-likeness (QED) is 0.616. The molecule has 0 fully saturated rings. The maximum absolute atomic E-state index is 13.1. The van der Waals surface area contributed by atoms with Gasteiger partial charge in [-0.05, 0) is 23.6 Å². The Morgan fingerprint density at radius 1 is 1.38 bits per heavy atom. The van der Waals surface area contributed by atoms with Crippen molar-refractivity contribution in [2.24, 2.45) is 0 Å². The highest BCUT2D eigenvalue weighted by Crippen LogP contribution is 2.27. The van der Waals surface area contributed by atoms with Crippen LogP contribution in [0.3, 0.4) is 0 Å². The molecule has 1 atom stereocenters. The molecule has 68 valence electrons. The maximum atomic E-state index is 13.1. The summed E-state index contributed by atoms with van der Waals surface area (Å²) in [5, 5.41) is 0. The van der Waals surface area contributed by atoms with Crippen LogP contribution in [0.1, 0.15) is 23.6 Å². The van der Waals surface area contributed by atoms with Crippen molar-refractivity contribution in [3.63, 3.8) is 0 Å². The van der Waals surface area contributed by atoms with E-state index >= 15 is 0 Å². The molecule has 0 bridgehead atoms. The molecule has 0 radical (unpaired) electrons. The summed E-state index contributed by atoms with van der Waals surface area (Å²) in [5.41, 5.74) is 3.57. The molecular weight excluding hydrogens is 163 g/mol. The molecule has 13 heavy (non-hydrogen) atoms. The van der Waals surface area contributed by atoms with Crippen LogP contribution in [0.25, 0.3) is 6.08 Å². The lowest BCUT2D eigenvalue weighted by atomic mass is 10.0. The fourth-order valence-electron chi connectivity index (χ4n) is 1.96. The highest BCUT2D eigenvalue weighted by Gasteiger charge is 2.21. The fourth-order valence-corrected chi connectivity index (χ4v) is 1.96. The van der Waals surface area contributed by atoms with Crippen LogP contribution in [0, 0.1) is 0 Å². The van der Waals surface area contributed by atoms with E-state index in [9.17, 15) is 4.39 Å². The first-order valence-electron chi connectivity index (χ1n) is 4.69. The standard InChI is InChI=1S/C12H13F/c1-2-4-9-5-3-6-10-7-11(13)8-12(9)10/h2-6,11H,7-8H2,1H3. The minimum atomic E-state index is -0.665. The van der Waals surface area contributed by atoms with Crippen molar-refractivity contribution in [2.45, 2.75) is 25.9 Å². The topological polar surface area (TPSA) is 0 Å². The summed E-state index contributed by atoms with van der Waals surface area (Å²) in [5.74, 6) is 0. The van der Waals surface area contributed by atoms with E-state index in [0.717, 1.165) is 0 Å². The van der Waals surface area contributed by atoms with Crippen LogP contribution in [0.2, 0.25) is 0 Å². The lowest BCUT2D eigenvalue weighted by molar-refractivity contribution is 0.349. The second-order valence-electron chi connectivity index (χ2n) is 3.49. The molecule has 1 aromatic carbocycles. The van der Waals surface area contributed by atoms with Gasteiger partial charge in [0.1, 0.15) is 6.17 Å². The lowest BCUT2D eigenvalue weighted by Crippen LogP contribution is -1.96. The Labute approximate surface area is 78.1 Å². The van der Waals surface area contributed by atoms with E-state index in [1.807, 2.05) is 25.1 Å². The summed E-state index contributed by atoms with van der Waals surface area (Å²) < 4.78 is 13.1. The van der Waals surface area contributed by atoms with E-state index in [1.54, 1.807) is 0 Å². The van der Waals surface area contributed by atoms with Crippen LogP contribution < -0.4 is 0 Å². The van der Waals surface area contributed by atoms with E-state index in [4.69, 9.17) is 0 Å². The molecule has 0 aliphatic heterocycles. The Morgan fingerprint density at radius 2 is 2.23 bits per heavy atom. The third-order valence-corrected chi connectivity index (χ3v) is 2.52. The van der Waals surface area contributed by atoms with Crippen LogP contribution in [0.5, 0.6) is 0 Å². The molecule has 1 heteroatoms. The highest BCUT2D eigenvalue weighted by molar-refractivity contribution is 5.57. The molecule has 0 amide bonds. The number of allylic oxidation sites excluding steroid dienone is 1. The molecule has 1 aliphatic carbocycles. The smallest absolute Gasteiger partial charge is 0.108 e. The van der Waals surface area contributed by atoms with Gasteiger partial charge in [-0.15, -0.1) is 0 Å². The van der Waals surface area contributed by atoms with E-state index < -0.39 is 6.17 Å². The molecule has 0 spiro atoms. The van der Waals surface area contributed by atoms with Crippen molar-refractivity contribution in [1.29, 1.82) is 0 Å². The average Bonchev–Trinajstić information content (AvgIpc) is 2.47. The van der Waals surface area contributed by atoms with Crippen LogP contribution in [-0.4, -0.2) is 6.17 Å². The molecule has 2 rings (SSSR count). The molecule has 1 aliphatic rings. The molecular formula is C12H13F. The summed E-state index contributed by atoms with van der Waals surface area (Å²) >= 11 is 0. The number of hydrogen-bond donors (Lipinski definition) is 0. The molecule has 1 unspecified atom stereocenters. The Bertz CT molecular complexity index is 339. The lowest BCUT2D eigenvalue weighted by Gasteiger charge is -2.02. The zero-order chi connectivity index (χ0) is 9.26. The van der Waals surface area contributed by atoms with Crippen LogP contribution in [0.15, 0.2) is 24.3 Å². The van der Waals surface area contributed by atoms with Crippen molar-refractivity contribution in [3.8, 4) is 0 Å². The Kier molecular flexibility index (Phi) is 2.17. The minimum absolute atomic E-state index is 0.593. The third kappa shape index (κ3) is 1.51. The van der Waals surface area contributed by atoms with E-state index in [2.05, 4.69) is 12.1 Å². The van der Waals surface area contributed by atoms with Gasteiger partial charge in [-0.2, -0.15) is 0 Å². The van der Waals surface area contributed by atoms with Gasteiger partial charge in [0.05, 0.1) is 0 Å². The Morgan fingerprint density at radius 3 is 3.00 bits per heavy atom. The van der Waals surface area contributed by atoms with Crippen LogP contribution in [-0.2, 0) is 12.8 Å². The van der Waals surface area contributed by atoms with Gasteiger partial charge in [0.25, 0.3) is 0 Å². The number of fused-ring (bicyclic) bond motifs is 1. The molecule has 1 aromatic rings. The van der Waals surface area contributed by atoms with Gasteiger partial charge >= 0.3 is 0 Å². The Balaban J connectivity index is 2.45. The number of hydrogen-bond acceptors (Lipinski definition) is 0. The Hall–Kier alpha value is -1.11. The zero-order valence-corrected chi connectivity index (χ0v) is 7.76. The summed E-state index contributed by atoms with van der Waals surface area (Å²) in [6, 6.07) is 6.09. The van der Waals surface area contributed by atoms with E-state index in [1.165, 1.54) is 16.7 Å². The molecule has 0 nitrogen and oxygen atoms in total. The molecule has 0 saturated carbocycles. The van der Waals surface area contributed by atoms with Gasteiger partial charge in [0, 0.05) is 12.8 Å². The summed E-state index contributed by atoms with van der Waals surface area (Å²) in [6.07, 6.45) is 4.58. The van der Waals surface area contributed by atoms with Crippen molar-refractivity contribution in [1.82, 2.24) is 0 Å². The number of alkyl halides is 1. The number of rotatable bonds is 1. The predicted octanol–water partition coefficient (Wildman–Crippen LogP) is 3.16. The maximum Gasteiger partial charge on any atom is 0.108 e. The van der Waals surface area contributed by atoms with Gasteiger partial charge < -0.3 is 0 Å². The van der Waals surface area contributed by atoms with Crippen LogP contribution >= 0.6 is 0 Å². The second-order valence-corrected chi connectivity index (χ2v) is 3.49. The largest absolute Gasteiger partial charge is 0.247 e. The molecule has 0 heterocycles. The first-order valence-corrected chi connectivity index (χ1v) is 4.69. The van der Waals surface area contributed by atoms with Crippen molar-refractivity contribution >= 4 is 6.08 Å². The average molecular weight is 176 g/mol. The SMILES string of the molecule is CC=Cc1cccc2c1CC(F)C2. The number of benzene rings is 1. The van der Waals surface area contributed by atoms with Crippen molar-refractivity contribution in [3.05, 3.63) is 41.0 Å². The second kappa shape index (κ2) is 3.33. The monoisotopic (exact) mass is 176 g/mol. The highest BCUT2D eigenvalue weighted by atomic mass is 19.1. The summed E-state index contributed by atoms with van der Waals surface area (Å²) in [7, 11) is 0. The first-order chi connectivity index (χ1) is 6.31. The van der Waals surface area contributed by atoms with E-state index in [0.29, 0.717) is 12.8 Å². The van der Waals surface area contributed by atoms with Crippen molar-refractivity contribution in [2.75, 3.05) is 0 Å². The summed E-state index contributed by atoms with van der Waals surface area (Å²) in [4.78, 5) is 0. The first kappa shape index (κ1) is 8.49. The van der Waals surface area contributed by atoms with Gasteiger partial charge in [-0.25, -0.2) is 4.39 Å².